The minimum Gasteiger partial charge on any atom is -0.489 e. The Morgan fingerprint density at radius 1 is 0.967 bits per heavy atom. The minimum atomic E-state index is -0.192. The Morgan fingerprint density at radius 2 is 1.77 bits per heavy atom. The lowest BCUT2D eigenvalue weighted by Gasteiger charge is -2.29. The Balaban J connectivity index is 1.47. The van der Waals surface area contributed by atoms with Gasteiger partial charge in [0, 0.05) is 11.8 Å². The van der Waals surface area contributed by atoms with E-state index >= 15 is 0 Å². The molecule has 0 fully saturated rings. The number of fused-ring (bicyclic) bond motifs is 2. The molecule has 6 heteroatoms. The quantitative estimate of drug-likeness (QED) is 0.442. The first-order valence-electron chi connectivity index (χ1n) is 10.2. The van der Waals surface area contributed by atoms with Crippen LogP contribution in [0, 0.1) is 5.92 Å². The smallest absolute Gasteiger partial charge is 0.323 e. The maximum absolute atomic E-state index is 11.6. The van der Waals surface area contributed by atoms with Crippen molar-refractivity contribution in [3.63, 3.8) is 0 Å². The molecule has 0 amide bonds. The second kappa shape index (κ2) is 7.30. The molecular weight excluding hydrogens is 376 g/mol. The zero-order chi connectivity index (χ0) is 20.7. The summed E-state index contributed by atoms with van der Waals surface area (Å²) in [5.74, 6) is 1.20. The molecule has 0 spiro atoms. The third-order valence-electron chi connectivity index (χ3n) is 5.47. The second-order valence-corrected chi connectivity index (χ2v) is 7.97. The fourth-order valence-corrected chi connectivity index (χ4v) is 3.98. The van der Waals surface area contributed by atoms with E-state index in [1.54, 1.807) is 0 Å². The molecule has 0 bridgehead atoms. The molecule has 0 saturated carbocycles. The number of aromatic nitrogens is 2. The van der Waals surface area contributed by atoms with E-state index in [0.29, 0.717) is 12.5 Å². The summed E-state index contributed by atoms with van der Waals surface area (Å²) in [6.45, 7) is 4.93. The van der Waals surface area contributed by atoms with Crippen molar-refractivity contribution in [2.75, 3.05) is 10.2 Å². The molecule has 0 aliphatic carbocycles. The van der Waals surface area contributed by atoms with Crippen molar-refractivity contribution in [3.8, 4) is 5.75 Å². The normalized spacial score (nSPS) is 15.4. The highest BCUT2D eigenvalue weighted by Gasteiger charge is 2.32. The molecular formula is C24H24N4O2. The molecule has 0 radical (unpaired) electrons. The fraction of sp³-hybridized carbons (Fsp3) is 0.208. The third-order valence-corrected chi connectivity index (χ3v) is 5.47. The maximum atomic E-state index is 11.6. The van der Waals surface area contributed by atoms with Crippen molar-refractivity contribution in [1.29, 1.82) is 0 Å². The number of imidazole rings is 1. The van der Waals surface area contributed by atoms with Crippen LogP contribution in [0.5, 0.6) is 5.75 Å². The van der Waals surface area contributed by atoms with Gasteiger partial charge in [0.15, 0.2) is 0 Å². The predicted octanol–water partition coefficient (Wildman–Crippen LogP) is 4.98. The van der Waals surface area contributed by atoms with E-state index in [2.05, 4.69) is 58.3 Å². The number of anilines is 3. The van der Waals surface area contributed by atoms with Crippen molar-refractivity contribution in [3.05, 3.63) is 82.8 Å². The van der Waals surface area contributed by atoms with E-state index in [9.17, 15) is 4.79 Å². The van der Waals surface area contributed by atoms with Crippen molar-refractivity contribution in [1.82, 2.24) is 9.97 Å². The highest BCUT2D eigenvalue weighted by atomic mass is 16.5. The van der Waals surface area contributed by atoms with Crippen LogP contribution in [0.3, 0.4) is 0 Å². The van der Waals surface area contributed by atoms with Crippen LogP contribution in [0.2, 0.25) is 0 Å². The molecule has 3 N–H and O–H groups in total. The molecule has 0 saturated heterocycles. The summed E-state index contributed by atoms with van der Waals surface area (Å²) in [6.07, 6.45) is 0.104. The van der Waals surface area contributed by atoms with Gasteiger partial charge in [0.05, 0.1) is 22.4 Å². The summed E-state index contributed by atoms with van der Waals surface area (Å²) < 4.78 is 6.01. The number of nitrogens with zero attached hydrogens (tertiary/aromatic N) is 1. The lowest BCUT2D eigenvalue weighted by molar-refractivity contribution is 0.306. The van der Waals surface area contributed by atoms with Crippen LogP contribution in [-0.4, -0.2) is 16.1 Å². The topological polar surface area (TPSA) is 73.2 Å². The van der Waals surface area contributed by atoms with Crippen LogP contribution in [0.4, 0.5) is 17.1 Å². The fourth-order valence-electron chi connectivity index (χ4n) is 3.98. The molecule has 1 unspecified atom stereocenters. The highest BCUT2D eigenvalue weighted by Crippen LogP contribution is 2.44. The average Bonchev–Trinajstić information content (AvgIpc) is 3.31. The summed E-state index contributed by atoms with van der Waals surface area (Å²) in [4.78, 5) is 19.6. The van der Waals surface area contributed by atoms with Gasteiger partial charge in [-0.25, -0.2) is 4.79 Å². The average molecular weight is 400 g/mol. The monoisotopic (exact) mass is 400 g/mol. The van der Waals surface area contributed by atoms with Crippen molar-refractivity contribution in [2.45, 2.75) is 26.6 Å². The van der Waals surface area contributed by atoms with Gasteiger partial charge >= 0.3 is 5.69 Å². The maximum Gasteiger partial charge on any atom is 0.323 e. The minimum absolute atomic E-state index is 0.104. The van der Waals surface area contributed by atoms with Gasteiger partial charge in [0.1, 0.15) is 18.5 Å². The number of rotatable bonds is 5. The summed E-state index contributed by atoms with van der Waals surface area (Å²) in [7, 11) is 0. The van der Waals surface area contributed by atoms with E-state index in [1.807, 2.05) is 42.5 Å². The molecule has 5 rings (SSSR count). The number of benzene rings is 3. The van der Waals surface area contributed by atoms with Gasteiger partial charge in [-0.2, -0.15) is 0 Å². The molecule has 1 aliphatic heterocycles. The Morgan fingerprint density at radius 3 is 2.57 bits per heavy atom. The van der Waals surface area contributed by atoms with Gasteiger partial charge in [0.2, 0.25) is 0 Å². The van der Waals surface area contributed by atoms with E-state index in [-0.39, 0.29) is 11.9 Å². The van der Waals surface area contributed by atoms with E-state index in [0.717, 1.165) is 39.4 Å². The standard InChI is InChI=1S/C24H24N4O2/c1-15(2)23-25-21-13-18(30-14-16-6-4-3-5-7-16)9-11-22(21)28(23)17-8-10-19-20(12-17)27-24(29)26-19/h3-13,15,23,25H,14H2,1-2H3,(H2,26,27,29). The number of hydrogen-bond donors (Lipinski definition) is 3. The molecule has 4 aromatic rings. The van der Waals surface area contributed by atoms with Crippen LogP contribution >= 0.6 is 0 Å². The van der Waals surface area contributed by atoms with Gasteiger partial charge in [0.25, 0.3) is 0 Å². The Hall–Kier alpha value is -3.67. The zero-order valence-corrected chi connectivity index (χ0v) is 17.0. The number of H-pyrrole nitrogens is 2. The second-order valence-electron chi connectivity index (χ2n) is 7.97. The van der Waals surface area contributed by atoms with Gasteiger partial charge < -0.3 is 24.9 Å². The van der Waals surface area contributed by atoms with Crippen LogP contribution in [0.25, 0.3) is 11.0 Å². The summed E-state index contributed by atoms with van der Waals surface area (Å²) in [6, 6.07) is 22.3. The van der Waals surface area contributed by atoms with Crippen LogP contribution in [0.15, 0.2) is 71.5 Å². The zero-order valence-electron chi connectivity index (χ0n) is 17.0. The van der Waals surface area contributed by atoms with Crippen LogP contribution in [-0.2, 0) is 6.61 Å². The lowest BCUT2D eigenvalue weighted by atomic mass is 10.1. The van der Waals surface area contributed by atoms with Crippen molar-refractivity contribution >= 4 is 28.1 Å². The van der Waals surface area contributed by atoms with Gasteiger partial charge in [-0.3, -0.25) is 0 Å². The Labute approximate surface area is 174 Å². The molecule has 1 aromatic heterocycles. The first kappa shape index (κ1) is 18.4. The summed E-state index contributed by atoms with van der Waals surface area (Å²) >= 11 is 0. The Bertz CT molecular complexity index is 1240. The van der Waals surface area contributed by atoms with Gasteiger partial charge in [-0.15, -0.1) is 0 Å². The van der Waals surface area contributed by atoms with Crippen molar-refractivity contribution < 1.29 is 4.74 Å². The number of hydrogen-bond acceptors (Lipinski definition) is 4. The van der Waals surface area contributed by atoms with Crippen molar-refractivity contribution in [2.24, 2.45) is 5.92 Å². The third kappa shape index (κ3) is 3.30. The molecule has 2 heterocycles. The van der Waals surface area contributed by atoms with Crippen LogP contribution in [0.1, 0.15) is 19.4 Å². The van der Waals surface area contributed by atoms with E-state index in [4.69, 9.17) is 4.74 Å². The predicted molar refractivity (Wildman–Crippen MR) is 121 cm³/mol. The van der Waals surface area contributed by atoms with E-state index in [1.165, 1.54) is 0 Å². The first-order chi connectivity index (χ1) is 14.6. The largest absolute Gasteiger partial charge is 0.489 e. The number of ether oxygens (including phenoxy) is 1. The summed E-state index contributed by atoms with van der Waals surface area (Å²) in [5.41, 5.74) is 5.72. The lowest BCUT2D eigenvalue weighted by Crippen LogP contribution is -2.36. The molecule has 1 aliphatic rings. The molecule has 1 atom stereocenters. The molecule has 152 valence electrons. The van der Waals surface area contributed by atoms with Crippen LogP contribution < -0.4 is 20.6 Å². The van der Waals surface area contributed by atoms with Gasteiger partial charge in [-0.05, 0) is 41.8 Å². The Kier molecular flexibility index (Phi) is 4.47. The number of aromatic amines is 2. The highest BCUT2D eigenvalue weighted by molar-refractivity contribution is 5.87. The molecule has 30 heavy (non-hydrogen) atoms. The SMILES string of the molecule is CC(C)C1Nc2cc(OCc3ccccc3)ccc2N1c1ccc2[nH]c(=O)[nH]c2c1. The molecule has 3 aromatic carbocycles. The van der Waals surface area contributed by atoms with Gasteiger partial charge in [-0.1, -0.05) is 44.2 Å². The van der Waals surface area contributed by atoms with E-state index < -0.39 is 0 Å². The number of nitrogens with one attached hydrogen (secondary N) is 3. The summed E-state index contributed by atoms with van der Waals surface area (Å²) in [5, 5.41) is 3.64. The first-order valence-corrected chi connectivity index (χ1v) is 10.2. The molecule has 6 nitrogen and oxygen atoms in total.